The van der Waals surface area contributed by atoms with Gasteiger partial charge in [-0.3, -0.25) is 14.8 Å². The smallest absolute Gasteiger partial charge is 0.252 e. The molecule has 2 aliphatic carbocycles. The second-order valence-corrected chi connectivity index (χ2v) is 7.46. The largest absolute Gasteiger partial charge is 0.355 e. The third-order valence-corrected chi connectivity index (χ3v) is 5.73. The van der Waals surface area contributed by atoms with E-state index >= 15 is 0 Å². The molecule has 0 aliphatic heterocycles. The van der Waals surface area contributed by atoms with Crippen molar-refractivity contribution in [2.45, 2.75) is 51.0 Å². The van der Waals surface area contributed by atoms with Crippen LogP contribution in [0.25, 0.3) is 0 Å². The summed E-state index contributed by atoms with van der Waals surface area (Å²) in [5.41, 5.74) is 0.583. The average Bonchev–Trinajstić information content (AvgIpc) is 2.70. The summed E-state index contributed by atoms with van der Waals surface area (Å²) in [6.07, 6.45) is 12.7. The third kappa shape index (κ3) is 5.19. The average molecular weight is 358 g/mol. The molecule has 3 atom stereocenters. The van der Waals surface area contributed by atoms with Crippen molar-refractivity contribution in [3.05, 3.63) is 30.1 Å². The molecule has 1 heterocycles. The summed E-state index contributed by atoms with van der Waals surface area (Å²) in [7, 11) is 1.80. The van der Waals surface area contributed by atoms with Gasteiger partial charge in [-0.05, 0) is 43.2 Å². The number of nitrogens with zero attached hydrogens (tertiary/aromatic N) is 2. The lowest BCUT2D eigenvalue weighted by Gasteiger charge is -2.39. The maximum atomic E-state index is 12.0. The highest BCUT2D eigenvalue weighted by molar-refractivity contribution is 5.93. The van der Waals surface area contributed by atoms with Crippen LogP contribution in [0.2, 0.25) is 0 Å². The molecule has 2 aliphatic rings. The topological polar surface area (TPSA) is 78.4 Å². The molecule has 0 saturated heterocycles. The lowest BCUT2D eigenvalue weighted by atomic mass is 9.69. The number of aliphatic imine (C=N–C) groups is 1. The highest BCUT2D eigenvalue weighted by Gasteiger charge is 2.32. The Morgan fingerprint density at radius 1 is 1.15 bits per heavy atom. The zero-order valence-electron chi connectivity index (χ0n) is 15.7. The minimum absolute atomic E-state index is 0.0986. The van der Waals surface area contributed by atoms with Crippen molar-refractivity contribution < 1.29 is 4.79 Å². The SMILES string of the molecule is CN=C(NCCNC(=O)c1cccnc1)NC1CCC2CCCCC2C1. The Bertz CT molecular complexity index is 603. The van der Waals surface area contributed by atoms with E-state index in [4.69, 9.17) is 0 Å². The van der Waals surface area contributed by atoms with Crippen LogP contribution in [-0.4, -0.2) is 43.0 Å². The van der Waals surface area contributed by atoms with Gasteiger partial charge in [0.1, 0.15) is 0 Å². The van der Waals surface area contributed by atoms with Gasteiger partial charge in [0.2, 0.25) is 0 Å². The van der Waals surface area contributed by atoms with Crippen LogP contribution in [0.3, 0.4) is 0 Å². The third-order valence-electron chi connectivity index (χ3n) is 5.73. The van der Waals surface area contributed by atoms with Gasteiger partial charge < -0.3 is 16.0 Å². The Labute approximate surface area is 156 Å². The molecule has 2 fully saturated rings. The van der Waals surface area contributed by atoms with Crippen molar-refractivity contribution in [2.24, 2.45) is 16.8 Å². The number of hydrogen-bond donors (Lipinski definition) is 3. The van der Waals surface area contributed by atoms with Gasteiger partial charge in [0.05, 0.1) is 5.56 Å². The van der Waals surface area contributed by atoms with Crippen LogP contribution in [0.5, 0.6) is 0 Å². The van der Waals surface area contributed by atoms with Crippen molar-refractivity contribution in [3.8, 4) is 0 Å². The molecular weight excluding hydrogens is 326 g/mol. The molecular formula is C20H31N5O. The van der Waals surface area contributed by atoms with Crippen LogP contribution in [0.4, 0.5) is 0 Å². The number of hydrogen-bond acceptors (Lipinski definition) is 3. The molecule has 142 valence electrons. The zero-order valence-corrected chi connectivity index (χ0v) is 15.7. The molecule has 1 aromatic rings. The number of nitrogens with one attached hydrogen (secondary N) is 3. The molecule has 0 aromatic carbocycles. The van der Waals surface area contributed by atoms with Gasteiger partial charge >= 0.3 is 0 Å². The van der Waals surface area contributed by atoms with Gasteiger partial charge in [0.15, 0.2) is 5.96 Å². The van der Waals surface area contributed by atoms with Crippen molar-refractivity contribution in [2.75, 3.05) is 20.1 Å². The minimum Gasteiger partial charge on any atom is -0.355 e. The molecule has 0 radical (unpaired) electrons. The normalized spacial score (nSPS) is 25.9. The number of rotatable bonds is 5. The van der Waals surface area contributed by atoms with Gasteiger partial charge in [-0.25, -0.2) is 0 Å². The van der Waals surface area contributed by atoms with Gasteiger partial charge in [-0.15, -0.1) is 0 Å². The molecule has 0 bridgehead atoms. The van der Waals surface area contributed by atoms with Crippen LogP contribution in [-0.2, 0) is 0 Å². The van der Waals surface area contributed by atoms with E-state index in [9.17, 15) is 4.79 Å². The second kappa shape index (κ2) is 9.55. The Balaban J connectivity index is 1.36. The molecule has 1 amide bonds. The van der Waals surface area contributed by atoms with E-state index in [0.29, 0.717) is 24.7 Å². The van der Waals surface area contributed by atoms with E-state index in [1.807, 2.05) is 0 Å². The summed E-state index contributed by atoms with van der Waals surface area (Å²) < 4.78 is 0. The van der Waals surface area contributed by atoms with Gasteiger partial charge in [-0.2, -0.15) is 0 Å². The molecule has 6 heteroatoms. The van der Waals surface area contributed by atoms with E-state index in [-0.39, 0.29) is 5.91 Å². The van der Waals surface area contributed by atoms with Crippen molar-refractivity contribution in [1.82, 2.24) is 20.9 Å². The van der Waals surface area contributed by atoms with E-state index in [0.717, 1.165) is 17.8 Å². The highest BCUT2D eigenvalue weighted by Crippen LogP contribution is 2.40. The van der Waals surface area contributed by atoms with Crippen molar-refractivity contribution in [3.63, 3.8) is 0 Å². The Hall–Kier alpha value is -2.11. The van der Waals surface area contributed by atoms with Crippen molar-refractivity contribution >= 4 is 11.9 Å². The number of aromatic nitrogens is 1. The maximum absolute atomic E-state index is 12.0. The Morgan fingerprint density at radius 3 is 2.73 bits per heavy atom. The minimum atomic E-state index is -0.0986. The Kier molecular flexibility index (Phi) is 6.86. The fraction of sp³-hybridized carbons (Fsp3) is 0.650. The summed E-state index contributed by atoms with van der Waals surface area (Å²) in [5, 5.41) is 9.77. The first-order valence-electron chi connectivity index (χ1n) is 9.91. The summed E-state index contributed by atoms with van der Waals surface area (Å²) >= 11 is 0. The Morgan fingerprint density at radius 2 is 1.96 bits per heavy atom. The lowest BCUT2D eigenvalue weighted by Crippen LogP contribution is -2.48. The molecule has 6 nitrogen and oxygen atoms in total. The van der Waals surface area contributed by atoms with E-state index in [2.05, 4.69) is 25.9 Å². The monoisotopic (exact) mass is 357 g/mol. The number of carbonyl (C=O) groups excluding carboxylic acids is 1. The van der Waals surface area contributed by atoms with E-state index in [1.165, 1.54) is 44.9 Å². The van der Waals surface area contributed by atoms with Gasteiger partial charge in [-0.1, -0.05) is 25.7 Å². The molecule has 26 heavy (non-hydrogen) atoms. The van der Waals surface area contributed by atoms with Crippen molar-refractivity contribution in [1.29, 1.82) is 0 Å². The number of fused-ring (bicyclic) bond motifs is 1. The van der Waals surface area contributed by atoms with E-state index < -0.39 is 0 Å². The predicted octanol–water partition coefficient (Wildman–Crippen LogP) is 2.34. The first-order chi connectivity index (χ1) is 12.8. The summed E-state index contributed by atoms with van der Waals surface area (Å²) in [6, 6.07) is 4.04. The molecule has 1 aromatic heterocycles. The number of carbonyl (C=O) groups is 1. The predicted molar refractivity (Wildman–Crippen MR) is 104 cm³/mol. The summed E-state index contributed by atoms with van der Waals surface area (Å²) in [4.78, 5) is 20.3. The second-order valence-electron chi connectivity index (χ2n) is 7.46. The first-order valence-corrected chi connectivity index (χ1v) is 9.91. The fourth-order valence-corrected chi connectivity index (χ4v) is 4.35. The van der Waals surface area contributed by atoms with Crippen LogP contribution in [0.15, 0.2) is 29.5 Å². The zero-order chi connectivity index (χ0) is 18.2. The molecule has 3 unspecified atom stereocenters. The fourth-order valence-electron chi connectivity index (χ4n) is 4.35. The summed E-state index contributed by atoms with van der Waals surface area (Å²) in [6.45, 7) is 1.19. The quantitative estimate of drug-likeness (QED) is 0.429. The first kappa shape index (κ1) is 18.7. The van der Waals surface area contributed by atoms with Crippen LogP contribution in [0.1, 0.15) is 55.3 Å². The van der Waals surface area contributed by atoms with Crippen LogP contribution < -0.4 is 16.0 Å². The van der Waals surface area contributed by atoms with E-state index in [1.54, 1.807) is 31.6 Å². The molecule has 2 saturated carbocycles. The summed E-state index contributed by atoms with van der Waals surface area (Å²) in [5.74, 6) is 2.59. The van der Waals surface area contributed by atoms with Crippen LogP contribution in [0, 0.1) is 11.8 Å². The standard InChI is InChI=1S/C20H31N5O/c1-21-20(24-12-11-23-19(26)17-7-4-10-22-14-17)25-18-9-8-15-5-2-3-6-16(15)13-18/h4,7,10,14-16,18H,2-3,5-6,8-9,11-13H2,1H3,(H,23,26)(H2,21,24,25). The molecule has 3 N–H and O–H groups in total. The number of guanidine groups is 1. The number of pyridine rings is 1. The molecule has 0 spiro atoms. The van der Waals surface area contributed by atoms with Crippen LogP contribution >= 0.6 is 0 Å². The van der Waals surface area contributed by atoms with Gasteiger partial charge in [0.25, 0.3) is 5.91 Å². The molecule has 3 rings (SSSR count). The lowest BCUT2D eigenvalue weighted by molar-refractivity contribution is 0.0954. The van der Waals surface area contributed by atoms with Gasteiger partial charge in [0, 0.05) is 38.6 Å². The maximum Gasteiger partial charge on any atom is 0.252 e. The highest BCUT2D eigenvalue weighted by atomic mass is 16.1. The number of amides is 1.